The van der Waals surface area contributed by atoms with Gasteiger partial charge in [-0.3, -0.25) is 0 Å². The summed E-state index contributed by atoms with van der Waals surface area (Å²) in [4.78, 5) is 6.92. The van der Waals surface area contributed by atoms with Crippen LogP contribution in [0.5, 0.6) is 0 Å². The minimum atomic E-state index is 0.483. The highest BCUT2D eigenvalue weighted by molar-refractivity contribution is 5.30. The summed E-state index contributed by atoms with van der Waals surface area (Å²) in [6.45, 7) is 7.36. The third-order valence-electron chi connectivity index (χ3n) is 4.23. The summed E-state index contributed by atoms with van der Waals surface area (Å²) in [7, 11) is 0. The maximum Gasteiger partial charge on any atom is 0.297 e. The average molecular weight is 249 g/mol. The Morgan fingerprint density at radius 2 is 2.11 bits per heavy atom. The number of hydrogen-bond acceptors (Lipinski definition) is 4. The summed E-state index contributed by atoms with van der Waals surface area (Å²) in [5.41, 5.74) is 1.01. The van der Waals surface area contributed by atoms with E-state index in [9.17, 15) is 0 Å². The Balaban J connectivity index is 1.60. The second-order valence-electron chi connectivity index (χ2n) is 6.01. The van der Waals surface area contributed by atoms with Crippen LogP contribution in [-0.2, 0) is 6.54 Å². The Morgan fingerprint density at radius 1 is 1.39 bits per heavy atom. The maximum atomic E-state index is 5.62. The van der Waals surface area contributed by atoms with Crippen molar-refractivity contribution in [1.29, 1.82) is 0 Å². The van der Waals surface area contributed by atoms with Gasteiger partial charge in [0.05, 0.1) is 5.69 Å². The lowest BCUT2D eigenvalue weighted by molar-refractivity contribution is 0.494. The normalized spacial score (nSPS) is 27.2. The molecule has 0 aromatic carbocycles. The first-order valence-electron chi connectivity index (χ1n) is 7.15. The lowest BCUT2D eigenvalue weighted by atomic mass is 10.0. The molecule has 2 fully saturated rings. The number of nitrogens with zero attached hydrogens (tertiary/aromatic N) is 2. The molecule has 1 aromatic heterocycles. The van der Waals surface area contributed by atoms with Gasteiger partial charge in [0.1, 0.15) is 6.26 Å². The molecule has 1 saturated carbocycles. The Morgan fingerprint density at radius 3 is 2.78 bits per heavy atom. The van der Waals surface area contributed by atoms with Crippen LogP contribution < -0.4 is 10.2 Å². The van der Waals surface area contributed by atoms with E-state index >= 15 is 0 Å². The Bertz CT molecular complexity index is 389. The molecule has 2 aliphatic rings. The second kappa shape index (κ2) is 4.92. The van der Waals surface area contributed by atoms with Crippen molar-refractivity contribution >= 4 is 6.01 Å². The van der Waals surface area contributed by atoms with Gasteiger partial charge < -0.3 is 14.6 Å². The van der Waals surface area contributed by atoms with Crippen LogP contribution in [0.2, 0.25) is 0 Å². The molecule has 2 atom stereocenters. The first-order valence-corrected chi connectivity index (χ1v) is 7.15. The molecule has 0 bridgehead atoms. The number of rotatable bonds is 4. The van der Waals surface area contributed by atoms with E-state index in [-0.39, 0.29) is 0 Å². The van der Waals surface area contributed by atoms with E-state index in [0.717, 1.165) is 43.2 Å². The SMILES string of the molecule is CC(C)NCc1coc(N2CC3CCCC3C2)n1. The summed E-state index contributed by atoms with van der Waals surface area (Å²) >= 11 is 0. The molecule has 18 heavy (non-hydrogen) atoms. The summed E-state index contributed by atoms with van der Waals surface area (Å²) in [5.74, 6) is 1.77. The molecule has 3 rings (SSSR count). The number of nitrogens with one attached hydrogen (secondary N) is 1. The van der Waals surface area contributed by atoms with Crippen molar-refractivity contribution in [3.63, 3.8) is 0 Å². The zero-order chi connectivity index (χ0) is 12.5. The van der Waals surface area contributed by atoms with Crippen molar-refractivity contribution in [1.82, 2.24) is 10.3 Å². The van der Waals surface area contributed by atoms with E-state index in [1.807, 2.05) is 0 Å². The van der Waals surface area contributed by atoms with Gasteiger partial charge in [-0.05, 0) is 24.7 Å². The fraction of sp³-hybridized carbons (Fsp3) is 0.786. The van der Waals surface area contributed by atoms with Gasteiger partial charge >= 0.3 is 0 Å². The summed E-state index contributed by atoms with van der Waals surface area (Å²) in [6.07, 6.45) is 5.99. The van der Waals surface area contributed by atoms with Gasteiger partial charge in [-0.25, -0.2) is 0 Å². The fourth-order valence-electron chi connectivity index (χ4n) is 3.22. The molecule has 1 saturated heterocycles. The number of aromatic nitrogens is 1. The predicted molar refractivity (Wildman–Crippen MR) is 71.5 cm³/mol. The van der Waals surface area contributed by atoms with Crippen LogP contribution in [0.1, 0.15) is 38.8 Å². The Labute approximate surface area is 109 Å². The molecular weight excluding hydrogens is 226 g/mol. The van der Waals surface area contributed by atoms with Crippen LogP contribution in [-0.4, -0.2) is 24.1 Å². The Hall–Kier alpha value is -1.03. The summed E-state index contributed by atoms with van der Waals surface area (Å²) in [5, 5.41) is 3.36. The molecule has 0 radical (unpaired) electrons. The Kier molecular flexibility index (Phi) is 3.29. The van der Waals surface area contributed by atoms with E-state index < -0.39 is 0 Å². The van der Waals surface area contributed by atoms with Crippen molar-refractivity contribution in [3.05, 3.63) is 12.0 Å². The molecule has 0 amide bonds. The van der Waals surface area contributed by atoms with Gasteiger partial charge in [-0.2, -0.15) is 4.98 Å². The largest absolute Gasteiger partial charge is 0.432 e. The molecule has 1 aliphatic carbocycles. The van der Waals surface area contributed by atoms with E-state index in [1.54, 1.807) is 6.26 Å². The molecule has 2 unspecified atom stereocenters. The first kappa shape index (κ1) is 12.0. The zero-order valence-electron chi connectivity index (χ0n) is 11.4. The molecule has 4 nitrogen and oxygen atoms in total. The van der Waals surface area contributed by atoms with Crippen LogP contribution in [0.25, 0.3) is 0 Å². The van der Waals surface area contributed by atoms with Gasteiger partial charge in [0.25, 0.3) is 6.01 Å². The van der Waals surface area contributed by atoms with E-state index in [2.05, 4.69) is 29.0 Å². The van der Waals surface area contributed by atoms with E-state index in [1.165, 1.54) is 19.3 Å². The highest BCUT2D eigenvalue weighted by Gasteiger charge is 2.37. The fourth-order valence-corrected chi connectivity index (χ4v) is 3.22. The van der Waals surface area contributed by atoms with Crippen LogP contribution in [0.4, 0.5) is 6.01 Å². The predicted octanol–water partition coefficient (Wildman–Crippen LogP) is 2.41. The molecular formula is C14H23N3O. The number of hydrogen-bond donors (Lipinski definition) is 1. The van der Waals surface area contributed by atoms with Gasteiger partial charge in [0.2, 0.25) is 0 Å². The minimum absolute atomic E-state index is 0.483. The van der Waals surface area contributed by atoms with Crippen molar-refractivity contribution in [2.24, 2.45) is 11.8 Å². The summed E-state index contributed by atoms with van der Waals surface area (Å²) < 4.78 is 5.62. The van der Waals surface area contributed by atoms with Crippen LogP contribution in [0.3, 0.4) is 0 Å². The zero-order valence-corrected chi connectivity index (χ0v) is 11.4. The smallest absolute Gasteiger partial charge is 0.297 e. The van der Waals surface area contributed by atoms with E-state index in [4.69, 9.17) is 4.42 Å². The van der Waals surface area contributed by atoms with Gasteiger partial charge in [0.15, 0.2) is 0 Å². The van der Waals surface area contributed by atoms with Crippen molar-refractivity contribution in [2.45, 2.75) is 45.7 Å². The van der Waals surface area contributed by atoms with Gasteiger partial charge in [-0.1, -0.05) is 20.3 Å². The first-order chi connectivity index (χ1) is 8.72. The summed E-state index contributed by atoms with van der Waals surface area (Å²) in [6, 6.07) is 1.31. The van der Waals surface area contributed by atoms with E-state index in [0.29, 0.717) is 6.04 Å². The highest BCUT2D eigenvalue weighted by atomic mass is 16.4. The number of fused-ring (bicyclic) bond motifs is 1. The average Bonchev–Trinajstić information content (AvgIpc) is 3.00. The van der Waals surface area contributed by atoms with Crippen molar-refractivity contribution in [3.8, 4) is 0 Å². The third-order valence-corrected chi connectivity index (χ3v) is 4.23. The molecule has 0 spiro atoms. The molecule has 4 heteroatoms. The monoisotopic (exact) mass is 249 g/mol. The lowest BCUT2D eigenvalue weighted by Gasteiger charge is -2.13. The van der Waals surface area contributed by atoms with Crippen LogP contribution in [0.15, 0.2) is 10.7 Å². The molecule has 1 aromatic rings. The van der Waals surface area contributed by atoms with Crippen molar-refractivity contribution in [2.75, 3.05) is 18.0 Å². The number of anilines is 1. The van der Waals surface area contributed by atoms with Crippen LogP contribution >= 0.6 is 0 Å². The lowest BCUT2D eigenvalue weighted by Crippen LogP contribution is -2.23. The minimum Gasteiger partial charge on any atom is -0.432 e. The molecule has 1 aliphatic heterocycles. The van der Waals surface area contributed by atoms with Crippen molar-refractivity contribution < 1.29 is 4.42 Å². The van der Waals surface area contributed by atoms with Gasteiger partial charge in [-0.15, -0.1) is 0 Å². The van der Waals surface area contributed by atoms with Crippen LogP contribution in [0, 0.1) is 11.8 Å². The maximum absolute atomic E-state index is 5.62. The molecule has 1 N–H and O–H groups in total. The van der Waals surface area contributed by atoms with Gasteiger partial charge in [0, 0.05) is 25.7 Å². The molecule has 2 heterocycles. The second-order valence-corrected chi connectivity index (χ2v) is 6.01. The standard InChI is InChI=1S/C14H23N3O/c1-10(2)15-6-13-9-18-14(16-13)17-7-11-4-3-5-12(11)8-17/h9-12,15H,3-8H2,1-2H3. The molecule has 100 valence electrons. The third kappa shape index (κ3) is 2.39. The topological polar surface area (TPSA) is 41.3 Å². The number of oxazole rings is 1. The quantitative estimate of drug-likeness (QED) is 0.889. The highest BCUT2D eigenvalue weighted by Crippen LogP contribution is 2.39.